The van der Waals surface area contributed by atoms with Crippen molar-refractivity contribution in [3.05, 3.63) is 36.9 Å². The molecule has 102 heavy (non-hydrogen) atoms. The van der Waals surface area contributed by atoms with Crippen molar-refractivity contribution in [2.75, 3.05) is 205 Å². The second-order valence-corrected chi connectivity index (χ2v) is 29.5. The van der Waals surface area contributed by atoms with E-state index in [-0.39, 0.29) is 0 Å². The standard InChI is InChI=1S/C8H18N2.3C7H16N2.C7H15N.C6H11N3.3C6H14N2.C6H16N2.C6H13NO.C5H9N3/c1-10-7-3-5-8(10)4-2-6-9;1-9-5-3-2-4-7(9)6-8;1-2-9-5-3-4-7(9)6-8;8-4-7-9-5-2-1-3-6-9;1-3-7-5-4-6-8(7)2;7-2-1-4-9-5-3-8-6-9;1-8-4-2-3-6(7)5-8;7-5-1-2-6(8)4-3-5;7-3-6-8-4-1-2-5-8;1-3-8(4-2)6-5-7;8-6-5-7-3-1-2-4-7;1-8-4-7-3-5(8)2-6/h8H,2-7,9H2,1H3;2*7H,2-6,8H2,1H3;1-8H2;7H,3-6H2,1-2H3;3,5-6H,1-2,4,7H2;6H,2-5,7H2,1H3;5-6H,1-4,7-8H2;1-7H2;3-7H2,1-2H3;8H,1-6H2;3-4H,2,6H2,1H3. The zero-order chi connectivity index (χ0) is 75.8. The summed E-state index contributed by atoms with van der Waals surface area (Å²) in [5.41, 5.74) is 61.3. The van der Waals surface area contributed by atoms with E-state index < -0.39 is 0 Å². The van der Waals surface area contributed by atoms with Crippen LogP contribution in [0.5, 0.6) is 0 Å². The normalized spacial score (nSPS) is 24.1. The minimum absolute atomic E-state index is 0.319. The van der Waals surface area contributed by atoms with E-state index in [0.717, 1.165) is 148 Å². The number of nitrogens with two attached hydrogens (primary N) is 11. The predicted molar refractivity (Wildman–Crippen MR) is 438 cm³/mol. The van der Waals surface area contributed by atoms with Crippen LogP contribution in [0, 0.1) is 0 Å². The van der Waals surface area contributed by atoms with E-state index in [1.165, 1.54) is 213 Å². The summed E-state index contributed by atoms with van der Waals surface area (Å²) < 4.78 is 3.92. The zero-order valence-corrected chi connectivity index (χ0v) is 67.9. The molecule has 5 unspecified atom stereocenters. The van der Waals surface area contributed by atoms with E-state index in [0.29, 0.717) is 43.4 Å². The molecular weight excluding hydrogens is 1280 g/mol. The van der Waals surface area contributed by atoms with Crippen LogP contribution in [0.15, 0.2) is 31.2 Å². The third kappa shape index (κ3) is 52.6. The Morgan fingerprint density at radius 3 is 1.27 bits per heavy atom. The van der Waals surface area contributed by atoms with Crippen LogP contribution >= 0.6 is 0 Å². The number of likely N-dealkylation sites (tertiary alicyclic amines) is 8. The number of likely N-dealkylation sites (N-methyl/N-ethyl adjacent to an activating group) is 4. The van der Waals surface area contributed by atoms with Crippen molar-refractivity contribution in [3.63, 3.8) is 0 Å². The number of hydrogen-bond acceptors (Lipinski definition) is 23. The monoisotopic (exact) mass is 1450 g/mol. The molecule has 606 valence electrons. The predicted octanol–water partition coefficient (Wildman–Crippen LogP) is 4.37. The van der Waals surface area contributed by atoms with Gasteiger partial charge in [-0.15, -0.1) is 0 Å². The number of nitrogens with zero attached hydrogens (tertiary/aromatic N) is 13. The summed E-state index contributed by atoms with van der Waals surface area (Å²) >= 11 is 0. The Labute approximate surface area is 627 Å². The average Bonchev–Trinajstić information content (AvgIpc) is 1.76. The number of aliphatic hydroxyl groups excluding tert-OH is 1. The summed E-state index contributed by atoms with van der Waals surface area (Å²) in [4.78, 5) is 29.3. The quantitative estimate of drug-likeness (QED) is 0.0825. The summed E-state index contributed by atoms with van der Waals surface area (Å²) in [5.74, 6) is 0. The highest BCUT2D eigenvalue weighted by atomic mass is 16.3. The van der Waals surface area contributed by atoms with E-state index >= 15 is 0 Å². The minimum atomic E-state index is 0.319. The number of imidazole rings is 2. The van der Waals surface area contributed by atoms with Crippen molar-refractivity contribution in [3.8, 4) is 0 Å². The molecule has 9 aliphatic rings. The second-order valence-electron chi connectivity index (χ2n) is 29.5. The molecular formula is C77H172N24O. The molecule has 8 aliphatic heterocycles. The number of aryl methyl sites for hydroxylation is 2. The lowest BCUT2D eigenvalue weighted by Gasteiger charge is -2.31. The van der Waals surface area contributed by atoms with Gasteiger partial charge in [0.05, 0.1) is 25.0 Å². The third-order valence-corrected chi connectivity index (χ3v) is 21.2. The Balaban J connectivity index is 0.00000109. The van der Waals surface area contributed by atoms with E-state index in [1.807, 2.05) is 22.4 Å². The van der Waals surface area contributed by atoms with Crippen LogP contribution in [0.1, 0.15) is 200 Å². The highest BCUT2D eigenvalue weighted by Crippen LogP contribution is 2.20. The summed E-state index contributed by atoms with van der Waals surface area (Å²) in [6.07, 6.45) is 42.7. The molecule has 2 aromatic heterocycles. The molecule has 9 fully saturated rings. The Hall–Kier alpha value is -2.42. The number of aromatic nitrogens is 4. The van der Waals surface area contributed by atoms with Crippen LogP contribution in [0.3, 0.4) is 0 Å². The Kier molecular flexibility index (Phi) is 67.4. The van der Waals surface area contributed by atoms with E-state index in [4.69, 9.17) is 68.2 Å². The van der Waals surface area contributed by atoms with Crippen LogP contribution in [0.2, 0.25) is 0 Å². The molecule has 25 heteroatoms. The number of aliphatic hydroxyl groups is 1. The van der Waals surface area contributed by atoms with Crippen molar-refractivity contribution < 1.29 is 5.11 Å². The van der Waals surface area contributed by atoms with Gasteiger partial charge in [-0.3, -0.25) is 4.90 Å². The number of β-amino-alcohol motifs (C(OH)–C–C–N with tert-alkyl or cyclic N) is 1. The van der Waals surface area contributed by atoms with Crippen molar-refractivity contribution in [2.45, 2.75) is 250 Å². The number of rotatable bonds is 21. The maximum absolute atomic E-state index is 8.48. The van der Waals surface area contributed by atoms with Crippen molar-refractivity contribution >= 4 is 0 Å². The topological polar surface area (TPSA) is 371 Å². The SMILES string of the molecule is CCC1CCCN1C.CCN(CC)CCN.CCN1CCCC1CN.CN1CCCC(N)C1.CN1CCCC1CCCN.CN1CCCCC1CN.Cn1cncc1CN.NC1CCC(N)CC1.NCCCn1ccnc1.NCCN1CCCC1.NCCN1CCCCC1.OCCN1CCCC1. The molecule has 10 heterocycles. The first-order valence-corrected chi connectivity index (χ1v) is 41.2. The molecule has 0 radical (unpaired) electrons. The van der Waals surface area contributed by atoms with Crippen LogP contribution in [0.25, 0.3) is 0 Å². The molecule has 0 aromatic carbocycles. The maximum atomic E-state index is 8.48. The lowest BCUT2D eigenvalue weighted by atomic mass is 9.93. The largest absolute Gasteiger partial charge is 0.395 e. The molecule has 25 nitrogen and oxygen atoms in total. The van der Waals surface area contributed by atoms with Gasteiger partial charge >= 0.3 is 0 Å². The van der Waals surface area contributed by atoms with E-state index in [1.54, 1.807) is 25.0 Å². The van der Waals surface area contributed by atoms with Gasteiger partial charge in [-0.05, 0) is 287 Å². The highest BCUT2D eigenvalue weighted by molar-refractivity contribution is 4.95. The number of piperidine rings is 3. The van der Waals surface area contributed by atoms with Crippen LogP contribution in [-0.2, 0) is 20.1 Å². The van der Waals surface area contributed by atoms with Gasteiger partial charge < -0.3 is 117 Å². The molecule has 8 saturated heterocycles. The van der Waals surface area contributed by atoms with Crippen LogP contribution in [-0.4, -0.2) is 316 Å². The highest BCUT2D eigenvalue weighted by Gasteiger charge is 2.22. The number of hydrogen-bond donors (Lipinski definition) is 12. The van der Waals surface area contributed by atoms with Gasteiger partial charge in [0.2, 0.25) is 0 Å². The zero-order valence-electron chi connectivity index (χ0n) is 67.9. The molecule has 0 spiro atoms. The van der Waals surface area contributed by atoms with Crippen molar-refractivity contribution in [2.24, 2.45) is 70.1 Å². The summed E-state index contributed by atoms with van der Waals surface area (Å²) in [5, 5.41) is 8.48. The van der Waals surface area contributed by atoms with E-state index in [2.05, 4.69) is 110 Å². The van der Waals surface area contributed by atoms with Gasteiger partial charge in [0.1, 0.15) is 0 Å². The molecule has 11 rings (SSSR count). The summed E-state index contributed by atoms with van der Waals surface area (Å²) in [6.45, 7) is 38.8. The lowest BCUT2D eigenvalue weighted by molar-refractivity contribution is 0.191. The Morgan fingerprint density at radius 1 is 0.451 bits per heavy atom. The van der Waals surface area contributed by atoms with Gasteiger partial charge in [0.15, 0.2) is 0 Å². The van der Waals surface area contributed by atoms with Gasteiger partial charge in [-0.2, -0.15) is 0 Å². The minimum Gasteiger partial charge on any atom is -0.395 e. The van der Waals surface area contributed by atoms with Crippen LogP contribution in [0.4, 0.5) is 0 Å². The lowest BCUT2D eigenvalue weighted by Crippen LogP contribution is -2.41. The fourth-order valence-corrected chi connectivity index (χ4v) is 14.3. The van der Waals surface area contributed by atoms with E-state index in [9.17, 15) is 0 Å². The van der Waals surface area contributed by atoms with Crippen molar-refractivity contribution in [1.29, 1.82) is 0 Å². The molecule has 1 aliphatic carbocycles. The molecule has 0 bridgehead atoms. The first kappa shape index (κ1) is 99.6. The Bertz CT molecular complexity index is 1920. The fraction of sp³-hybridized carbons (Fsp3) is 0.922. The molecule has 0 amide bonds. The van der Waals surface area contributed by atoms with Gasteiger partial charge in [0, 0.05) is 146 Å². The molecule has 23 N–H and O–H groups in total. The molecule has 1 saturated carbocycles. The third-order valence-electron chi connectivity index (χ3n) is 21.2. The van der Waals surface area contributed by atoms with Crippen LogP contribution < -0.4 is 63.1 Å². The summed E-state index contributed by atoms with van der Waals surface area (Å²) in [6, 6.07) is 4.41. The summed E-state index contributed by atoms with van der Waals surface area (Å²) in [7, 11) is 10.7. The smallest absolute Gasteiger partial charge is 0.0945 e. The molecule has 5 atom stereocenters. The second kappa shape index (κ2) is 69.1. The van der Waals surface area contributed by atoms with Gasteiger partial charge in [0.25, 0.3) is 0 Å². The maximum Gasteiger partial charge on any atom is 0.0945 e. The van der Waals surface area contributed by atoms with Crippen molar-refractivity contribution in [1.82, 2.24) is 63.2 Å². The first-order valence-electron chi connectivity index (χ1n) is 41.2. The Morgan fingerprint density at radius 2 is 0.931 bits per heavy atom. The van der Waals surface area contributed by atoms with Gasteiger partial charge in [-0.25, -0.2) is 9.97 Å². The fourth-order valence-electron chi connectivity index (χ4n) is 14.3. The van der Waals surface area contributed by atoms with Gasteiger partial charge in [-0.1, -0.05) is 40.5 Å². The average molecular weight is 1450 g/mol. The first-order chi connectivity index (χ1) is 49.4. The molecule has 2 aromatic rings.